The van der Waals surface area contributed by atoms with E-state index in [-0.39, 0.29) is 30.2 Å². The molecule has 0 saturated heterocycles. The van der Waals surface area contributed by atoms with E-state index in [1.165, 1.54) is 15.5 Å². The molecule has 0 unspecified atom stereocenters. The molecule has 5 heteroatoms. The van der Waals surface area contributed by atoms with E-state index < -0.39 is 0 Å². The Morgan fingerprint density at radius 3 is 2.70 bits per heavy atom. The molecule has 122 valence electrons. The van der Waals surface area contributed by atoms with Crippen molar-refractivity contribution in [3.8, 4) is 0 Å². The van der Waals surface area contributed by atoms with Gasteiger partial charge >= 0.3 is 0 Å². The van der Waals surface area contributed by atoms with Crippen molar-refractivity contribution in [2.75, 3.05) is 19.7 Å². The lowest BCUT2D eigenvalue weighted by atomic mass is 10.1. The number of rotatable bonds is 6. The predicted molar refractivity (Wildman–Crippen MR) is 89.6 cm³/mol. The summed E-state index contributed by atoms with van der Waals surface area (Å²) >= 11 is 0. The molecule has 5 nitrogen and oxygen atoms in total. The van der Waals surface area contributed by atoms with Crippen LogP contribution in [0.5, 0.6) is 0 Å². The fraction of sp³-hybridized carbons (Fsp3) is 0.333. The van der Waals surface area contributed by atoms with E-state index in [1.807, 2.05) is 38.1 Å². The second-order valence-corrected chi connectivity index (χ2v) is 5.45. The van der Waals surface area contributed by atoms with Crippen LogP contribution < -0.4 is 5.56 Å². The van der Waals surface area contributed by atoms with Gasteiger partial charge in [-0.1, -0.05) is 29.8 Å². The molecule has 1 heterocycles. The van der Waals surface area contributed by atoms with Crippen LogP contribution in [0.3, 0.4) is 0 Å². The summed E-state index contributed by atoms with van der Waals surface area (Å²) in [6, 6.07) is 11.2. The molecule has 2 rings (SSSR count). The predicted octanol–water partition coefficient (Wildman–Crippen LogP) is 1.66. The van der Waals surface area contributed by atoms with Gasteiger partial charge in [-0.25, -0.2) is 0 Å². The largest absolute Gasteiger partial charge is 0.395 e. The molecule has 1 N–H and O–H groups in total. The molecule has 0 bridgehead atoms. The van der Waals surface area contributed by atoms with Gasteiger partial charge in [0, 0.05) is 19.3 Å². The maximum Gasteiger partial charge on any atom is 0.263 e. The average molecular weight is 314 g/mol. The highest BCUT2D eigenvalue weighted by Crippen LogP contribution is 2.06. The molecule has 1 aromatic heterocycles. The number of hydrogen-bond donors (Lipinski definition) is 1. The number of carbonyl (C=O) groups is 1. The summed E-state index contributed by atoms with van der Waals surface area (Å²) in [6.45, 7) is 4.80. The first-order chi connectivity index (χ1) is 11.1. The van der Waals surface area contributed by atoms with E-state index in [4.69, 9.17) is 5.11 Å². The first-order valence-electron chi connectivity index (χ1n) is 7.72. The van der Waals surface area contributed by atoms with Crippen LogP contribution in [0.25, 0.3) is 0 Å². The molecule has 23 heavy (non-hydrogen) atoms. The minimum absolute atomic E-state index is 0.121. The van der Waals surface area contributed by atoms with Crippen molar-refractivity contribution in [2.45, 2.75) is 20.4 Å². The van der Waals surface area contributed by atoms with Crippen LogP contribution in [-0.4, -0.2) is 40.2 Å². The molecule has 0 spiro atoms. The first kappa shape index (κ1) is 17.0. The van der Waals surface area contributed by atoms with E-state index in [9.17, 15) is 9.59 Å². The number of nitrogens with zero attached hydrogens (tertiary/aromatic N) is 2. The molecule has 0 atom stereocenters. The van der Waals surface area contributed by atoms with Gasteiger partial charge in [-0.3, -0.25) is 9.59 Å². The van der Waals surface area contributed by atoms with Crippen LogP contribution in [0.4, 0.5) is 0 Å². The van der Waals surface area contributed by atoms with Gasteiger partial charge in [-0.15, -0.1) is 0 Å². The van der Waals surface area contributed by atoms with Crippen molar-refractivity contribution in [1.82, 2.24) is 9.47 Å². The van der Waals surface area contributed by atoms with Gasteiger partial charge in [0.1, 0.15) is 5.56 Å². The number of hydrogen-bond acceptors (Lipinski definition) is 3. The van der Waals surface area contributed by atoms with Crippen LogP contribution >= 0.6 is 0 Å². The van der Waals surface area contributed by atoms with Crippen molar-refractivity contribution in [3.63, 3.8) is 0 Å². The fourth-order valence-corrected chi connectivity index (χ4v) is 2.53. The maximum atomic E-state index is 12.6. The summed E-state index contributed by atoms with van der Waals surface area (Å²) in [5.74, 6) is -0.342. The van der Waals surface area contributed by atoms with Gasteiger partial charge in [-0.2, -0.15) is 0 Å². The fourth-order valence-electron chi connectivity index (χ4n) is 2.53. The zero-order valence-corrected chi connectivity index (χ0v) is 13.5. The van der Waals surface area contributed by atoms with Crippen LogP contribution in [0.2, 0.25) is 0 Å². The molecule has 0 aliphatic carbocycles. The smallest absolute Gasteiger partial charge is 0.263 e. The summed E-state index contributed by atoms with van der Waals surface area (Å²) in [7, 11) is 0. The molecule has 0 fully saturated rings. The first-order valence-corrected chi connectivity index (χ1v) is 7.72. The minimum Gasteiger partial charge on any atom is -0.395 e. The second-order valence-electron chi connectivity index (χ2n) is 5.45. The highest BCUT2D eigenvalue weighted by Gasteiger charge is 2.18. The normalized spacial score (nSPS) is 10.6. The number of benzene rings is 1. The summed E-state index contributed by atoms with van der Waals surface area (Å²) in [6.07, 6.45) is 1.68. The van der Waals surface area contributed by atoms with Crippen molar-refractivity contribution in [3.05, 3.63) is 69.6 Å². The Kier molecular flexibility index (Phi) is 5.71. The van der Waals surface area contributed by atoms with Gasteiger partial charge in [0.25, 0.3) is 11.5 Å². The van der Waals surface area contributed by atoms with Crippen LogP contribution in [0, 0.1) is 6.92 Å². The number of aryl methyl sites for hydroxylation is 1. The van der Waals surface area contributed by atoms with Gasteiger partial charge in [0.2, 0.25) is 0 Å². The minimum atomic E-state index is -0.342. The van der Waals surface area contributed by atoms with Crippen molar-refractivity contribution in [1.29, 1.82) is 0 Å². The van der Waals surface area contributed by atoms with Gasteiger partial charge in [0.15, 0.2) is 0 Å². The molecule has 0 radical (unpaired) electrons. The van der Waals surface area contributed by atoms with Crippen molar-refractivity contribution < 1.29 is 9.90 Å². The van der Waals surface area contributed by atoms with Crippen molar-refractivity contribution >= 4 is 5.91 Å². The summed E-state index contributed by atoms with van der Waals surface area (Å²) < 4.78 is 1.54. The third-order valence-corrected chi connectivity index (χ3v) is 3.72. The lowest BCUT2D eigenvalue weighted by Crippen LogP contribution is -2.38. The number of aliphatic hydroxyl groups excluding tert-OH is 1. The number of amides is 1. The Morgan fingerprint density at radius 2 is 2.04 bits per heavy atom. The number of pyridine rings is 1. The quantitative estimate of drug-likeness (QED) is 0.882. The summed E-state index contributed by atoms with van der Waals surface area (Å²) in [5.41, 5.74) is 1.97. The van der Waals surface area contributed by atoms with E-state index in [2.05, 4.69) is 0 Å². The zero-order valence-electron chi connectivity index (χ0n) is 13.5. The summed E-state index contributed by atoms with van der Waals surface area (Å²) in [4.78, 5) is 26.5. The number of aliphatic hydroxyl groups is 1. The van der Waals surface area contributed by atoms with Crippen LogP contribution in [0.1, 0.15) is 28.4 Å². The summed E-state index contributed by atoms with van der Waals surface area (Å²) in [5, 5.41) is 9.03. The monoisotopic (exact) mass is 314 g/mol. The molecule has 0 aliphatic heterocycles. The Balaban J connectivity index is 2.31. The second kappa shape index (κ2) is 7.74. The Hall–Kier alpha value is -2.40. The van der Waals surface area contributed by atoms with Gasteiger partial charge in [-0.05, 0) is 31.5 Å². The van der Waals surface area contributed by atoms with E-state index >= 15 is 0 Å². The highest BCUT2D eigenvalue weighted by atomic mass is 16.3. The molecule has 0 saturated carbocycles. The molecule has 1 amide bonds. The van der Waals surface area contributed by atoms with Gasteiger partial charge in [0.05, 0.1) is 13.2 Å². The average Bonchev–Trinajstić information content (AvgIpc) is 2.54. The SMILES string of the molecule is CCN(CCO)C(=O)c1cccn(Cc2cccc(C)c2)c1=O. The lowest BCUT2D eigenvalue weighted by Gasteiger charge is -2.19. The molecule has 2 aromatic rings. The zero-order chi connectivity index (χ0) is 16.8. The van der Waals surface area contributed by atoms with E-state index in [1.54, 1.807) is 12.3 Å². The topological polar surface area (TPSA) is 62.5 Å². The molecular weight excluding hydrogens is 292 g/mol. The Morgan fingerprint density at radius 1 is 1.26 bits per heavy atom. The highest BCUT2D eigenvalue weighted by molar-refractivity contribution is 5.93. The lowest BCUT2D eigenvalue weighted by molar-refractivity contribution is 0.0729. The molecule has 0 aliphatic rings. The molecule has 1 aromatic carbocycles. The van der Waals surface area contributed by atoms with Crippen LogP contribution in [0.15, 0.2) is 47.4 Å². The third-order valence-electron chi connectivity index (χ3n) is 3.72. The van der Waals surface area contributed by atoms with Gasteiger partial charge < -0.3 is 14.6 Å². The Labute approximate surface area is 135 Å². The molecular formula is C18H22N2O3. The van der Waals surface area contributed by atoms with Crippen molar-refractivity contribution in [2.24, 2.45) is 0 Å². The number of likely N-dealkylation sites (N-methyl/N-ethyl adjacent to an activating group) is 1. The standard InChI is InChI=1S/C18H22N2O3/c1-3-19(10-11-21)17(22)16-8-5-9-20(18(16)23)13-15-7-4-6-14(2)12-15/h4-9,12,21H,3,10-11,13H2,1-2H3. The van der Waals surface area contributed by atoms with Crippen LogP contribution in [-0.2, 0) is 6.54 Å². The number of aromatic nitrogens is 1. The number of carbonyl (C=O) groups excluding carboxylic acids is 1. The van der Waals surface area contributed by atoms with E-state index in [0.717, 1.165) is 11.1 Å². The third kappa shape index (κ3) is 4.07. The van der Waals surface area contributed by atoms with E-state index in [0.29, 0.717) is 13.1 Å². The maximum absolute atomic E-state index is 12.6. The Bertz CT molecular complexity index is 737.